The number of carbonyl (C=O) groups is 2. The summed E-state index contributed by atoms with van der Waals surface area (Å²) in [5.41, 5.74) is 0.912. The van der Waals surface area contributed by atoms with E-state index in [0.717, 1.165) is 12.8 Å². The van der Waals surface area contributed by atoms with Crippen molar-refractivity contribution in [1.82, 2.24) is 5.32 Å². The van der Waals surface area contributed by atoms with Crippen LogP contribution in [0, 0.1) is 17.3 Å². The highest BCUT2D eigenvalue weighted by molar-refractivity contribution is 6.48. The van der Waals surface area contributed by atoms with Crippen molar-refractivity contribution in [2.24, 2.45) is 17.3 Å². The normalized spacial score (nSPS) is 28.6. The first-order valence-electron chi connectivity index (χ1n) is 12.3. The van der Waals surface area contributed by atoms with Crippen molar-refractivity contribution in [3.63, 3.8) is 0 Å². The maximum Gasteiger partial charge on any atom is 0.482 e. The lowest BCUT2D eigenvalue weighted by atomic mass is 9.43. The second-order valence-electron chi connectivity index (χ2n) is 10.9. The van der Waals surface area contributed by atoms with Gasteiger partial charge in [-0.1, -0.05) is 37.6 Å². The largest absolute Gasteiger partial charge is 0.496 e. The molecule has 2 aromatic carbocycles. The zero-order chi connectivity index (χ0) is 25.8. The molecule has 1 aliphatic heterocycles. The Morgan fingerprint density at radius 3 is 2.56 bits per heavy atom. The summed E-state index contributed by atoms with van der Waals surface area (Å²) in [5.74, 6) is -0.713. The molecule has 7 nitrogen and oxygen atoms in total. The first-order valence-corrected chi connectivity index (χ1v) is 12.7. The van der Waals surface area contributed by atoms with Crippen LogP contribution in [-0.2, 0) is 15.7 Å². The summed E-state index contributed by atoms with van der Waals surface area (Å²) >= 11 is 6.00. The van der Waals surface area contributed by atoms with E-state index < -0.39 is 24.6 Å². The molecule has 5 atom stereocenters. The van der Waals surface area contributed by atoms with Gasteiger partial charge in [0.15, 0.2) is 0 Å². The van der Waals surface area contributed by atoms with Crippen LogP contribution in [0.3, 0.4) is 0 Å². The van der Waals surface area contributed by atoms with E-state index in [-0.39, 0.29) is 35.2 Å². The van der Waals surface area contributed by atoms with Gasteiger partial charge in [0.1, 0.15) is 11.3 Å². The monoisotopic (exact) mass is 511 g/mol. The van der Waals surface area contributed by atoms with Crippen molar-refractivity contribution in [2.75, 3.05) is 7.11 Å². The Morgan fingerprint density at radius 2 is 1.92 bits per heavy atom. The first kappa shape index (κ1) is 25.1. The van der Waals surface area contributed by atoms with Gasteiger partial charge in [-0.05, 0) is 79.3 Å². The molecule has 0 radical (unpaired) electrons. The molecule has 4 fully saturated rings. The van der Waals surface area contributed by atoms with Crippen molar-refractivity contribution < 1.29 is 28.7 Å². The van der Waals surface area contributed by atoms with Crippen LogP contribution in [0.2, 0.25) is 5.02 Å². The van der Waals surface area contributed by atoms with Crippen molar-refractivity contribution >= 4 is 30.6 Å². The highest BCUT2D eigenvalue weighted by Crippen LogP contribution is 2.65. The number of rotatable bonds is 7. The molecule has 36 heavy (non-hydrogen) atoms. The smallest absolute Gasteiger partial charge is 0.482 e. The topological polar surface area (TPSA) is 94.1 Å². The third-order valence-electron chi connectivity index (χ3n) is 8.69. The standard InChI is InChI=1S/C27H31BClNO6/c1-26(2)17-13-20(26)27(3)21(14-17)35-28(36-27)22(30-24(31)15-8-10-18(29)11-9-15)12-16-6-5-7-19(25(32)33)23(16)34-4/h5-11,17,20-22H,12-14H2,1-4H3,(H,30,31)(H,32,33). The number of nitrogens with one attached hydrogen (secondary N) is 1. The molecule has 1 heterocycles. The molecule has 190 valence electrons. The fourth-order valence-corrected chi connectivity index (χ4v) is 6.66. The van der Waals surface area contributed by atoms with Crippen LogP contribution in [0.25, 0.3) is 0 Å². The number of benzene rings is 2. The van der Waals surface area contributed by atoms with E-state index in [0.29, 0.717) is 28.0 Å². The van der Waals surface area contributed by atoms with Gasteiger partial charge in [-0.2, -0.15) is 0 Å². The number of halogens is 1. The minimum Gasteiger partial charge on any atom is -0.496 e. The predicted octanol–water partition coefficient (Wildman–Crippen LogP) is 4.66. The van der Waals surface area contributed by atoms with E-state index in [9.17, 15) is 14.7 Å². The van der Waals surface area contributed by atoms with Crippen LogP contribution in [0.4, 0.5) is 0 Å². The molecule has 4 aliphatic rings. The Hall–Kier alpha value is -2.55. The molecular weight excluding hydrogens is 481 g/mol. The minimum absolute atomic E-state index is 0.0542. The molecule has 0 aromatic heterocycles. The summed E-state index contributed by atoms with van der Waals surface area (Å²) in [5, 5.41) is 13.3. The maximum absolute atomic E-state index is 13.2. The van der Waals surface area contributed by atoms with Gasteiger partial charge in [0.2, 0.25) is 0 Å². The quantitative estimate of drug-likeness (QED) is 0.525. The van der Waals surface area contributed by atoms with Crippen molar-refractivity contribution in [2.45, 2.75) is 57.7 Å². The van der Waals surface area contributed by atoms with E-state index in [1.54, 1.807) is 36.4 Å². The van der Waals surface area contributed by atoms with Crippen LogP contribution in [-0.4, -0.2) is 48.9 Å². The molecule has 1 saturated heterocycles. The number of para-hydroxylation sites is 1. The van der Waals surface area contributed by atoms with E-state index in [4.69, 9.17) is 25.6 Å². The van der Waals surface area contributed by atoms with Gasteiger partial charge < -0.3 is 24.5 Å². The molecule has 2 aromatic rings. The fraction of sp³-hybridized carbons (Fsp3) is 0.481. The number of carboxylic acids is 1. The van der Waals surface area contributed by atoms with E-state index >= 15 is 0 Å². The van der Waals surface area contributed by atoms with Gasteiger partial charge in [0.25, 0.3) is 5.91 Å². The summed E-state index contributed by atoms with van der Waals surface area (Å²) in [6, 6.07) is 11.6. The SMILES string of the molecule is COc1c(CC(NC(=O)c2ccc(Cl)cc2)B2OC3CC4CC(C4(C)C)C3(C)O2)cccc1C(=O)O. The summed E-state index contributed by atoms with van der Waals surface area (Å²) in [6.07, 6.45) is 2.26. The van der Waals surface area contributed by atoms with Gasteiger partial charge in [0, 0.05) is 10.6 Å². The molecule has 1 amide bonds. The Morgan fingerprint density at radius 1 is 1.19 bits per heavy atom. The minimum atomic E-state index is -1.08. The molecule has 3 aliphatic carbocycles. The average Bonchev–Trinajstić information content (AvgIpc) is 3.20. The molecule has 6 rings (SSSR count). The zero-order valence-electron chi connectivity index (χ0n) is 20.9. The van der Waals surface area contributed by atoms with Gasteiger partial charge in [-0.3, -0.25) is 4.79 Å². The third-order valence-corrected chi connectivity index (χ3v) is 8.94. The molecular formula is C27H31BClNO6. The Kier molecular flexibility index (Phi) is 6.34. The third kappa shape index (κ3) is 4.09. The van der Waals surface area contributed by atoms with Crippen LogP contribution in [0.15, 0.2) is 42.5 Å². The Balaban J connectivity index is 1.45. The highest BCUT2D eigenvalue weighted by atomic mass is 35.5. The number of hydrogen-bond donors (Lipinski definition) is 2. The molecule has 2 N–H and O–H groups in total. The fourth-order valence-electron chi connectivity index (χ4n) is 6.53. The number of ether oxygens (including phenoxy) is 1. The number of aromatic carboxylic acids is 1. The van der Waals surface area contributed by atoms with E-state index in [1.807, 2.05) is 0 Å². The number of carboxylic acid groups (broad SMARTS) is 1. The number of methoxy groups -OCH3 is 1. The molecule has 0 spiro atoms. The summed E-state index contributed by atoms with van der Waals surface area (Å²) in [4.78, 5) is 25.0. The van der Waals surface area contributed by atoms with Crippen LogP contribution in [0.5, 0.6) is 5.75 Å². The number of hydrogen-bond acceptors (Lipinski definition) is 5. The molecule has 9 heteroatoms. The van der Waals surface area contributed by atoms with E-state index in [2.05, 4.69) is 26.1 Å². The van der Waals surface area contributed by atoms with Gasteiger partial charge in [0.05, 0.1) is 24.8 Å². The van der Waals surface area contributed by atoms with Gasteiger partial charge in [-0.25, -0.2) is 4.79 Å². The van der Waals surface area contributed by atoms with Crippen molar-refractivity contribution in [3.05, 3.63) is 64.2 Å². The summed E-state index contributed by atoms with van der Waals surface area (Å²) in [7, 11) is 0.754. The number of amides is 1. The predicted molar refractivity (Wildman–Crippen MR) is 136 cm³/mol. The molecule has 5 unspecified atom stereocenters. The zero-order valence-corrected chi connectivity index (χ0v) is 21.7. The Bertz CT molecular complexity index is 1190. The molecule has 2 bridgehead atoms. The number of carbonyl (C=O) groups excluding carboxylic acids is 1. The van der Waals surface area contributed by atoms with Gasteiger partial charge >= 0.3 is 13.1 Å². The summed E-state index contributed by atoms with van der Waals surface area (Å²) < 4.78 is 18.6. The van der Waals surface area contributed by atoms with Crippen LogP contribution < -0.4 is 10.1 Å². The van der Waals surface area contributed by atoms with Crippen LogP contribution >= 0.6 is 11.6 Å². The lowest BCUT2D eigenvalue weighted by molar-refractivity contribution is -0.199. The second-order valence-corrected chi connectivity index (χ2v) is 11.4. The second kappa shape index (κ2) is 9.08. The lowest BCUT2D eigenvalue weighted by Crippen LogP contribution is -2.65. The Labute approximate surface area is 216 Å². The van der Waals surface area contributed by atoms with Gasteiger partial charge in [-0.15, -0.1) is 0 Å². The first-order chi connectivity index (χ1) is 17.0. The van der Waals surface area contributed by atoms with Crippen LogP contribution in [0.1, 0.15) is 59.9 Å². The van der Waals surface area contributed by atoms with Crippen molar-refractivity contribution in [1.29, 1.82) is 0 Å². The lowest BCUT2D eigenvalue weighted by Gasteiger charge is -2.64. The maximum atomic E-state index is 13.2. The average molecular weight is 512 g/mol. The van der Waals surface area contributed by atoms with Crippen molar-refractivity contribution in [3.8, 4) is 5.75 Å². The molecule has 3 saturated carbocycles. The summed E-state index contributed by atoms with van der Waals surface area (Å²) in [6.45, 7) is 6.72. The van der Waals surface area contributed by atoms with E-state index in [1.165, 1.54) is 13.2 Å². The highest BCUT2D eigenvalue weighted by Gasteiger charge is 2.68.